The number of carbonyl (C=O) groups excluding carboxylic acids is 2. The van der Waals surface area contributed by atoms with Crippen molar-refractivity contribution >= 4 is 17.5 Å². The number of hydroxylamine groups is 2. The van der Waals surface area contributed by atoms with E-state index in [1.54, 1.807) is 24.3 Å². The third-order valence-electron chi connectivity index (χ3n) is 4.13. The normalized spacial score (nSPS) is 13.2. The minimum Gasteiger partial charge on any atom is -0.360 e. The molecule has 126 valence electrons. The number of hydrogen-bond acceptors (Lipinski definition) is 5. The molecule has 1 heterocycles. The molecule has 0 fully saturated rings. The van der Waals surface area contributed by atoms with Crippen molar-refractivity contribution in [1.82, 2.24) is 10.2 Å². The number of para-hydroxylation sites is 1. The molecule has 24 heavy (non-hydrogen) atoms. The van der Waals surface area contributed by atoms with Crippen LogP contribution in [0.15, 0.2) is 28.8 Å². The maximum atomic E-state index is 12.6. The van der Waals surface area contributed by atoms with Crippen molar-refractivity contribution in [2.45, 2.75) is 25.7 Å². The van der Waals surface area contributed by atoms with Crippen molar-refractivity contribution in [2.75, 3.05) is 19.5 Å². The highest BCUT2D eigenvalue weighted by molar-refractivity contribution is 6.08. The second kappa shape index (κ2) is 6.84. The van der Waals surface area contributed by atoms with E-state index in [1.165, 1.54) is 14.2 Å². The zero-order valence-electron chi connectivity index (χ0n) is 13.7. The third kappa shape index (κ3) is 3.03. The predicted molar refractivity (Wildman–Crippen MR) is 86.6 cm³/mol. The summed E-state index contributed by atoms with van der Waals surface area (Å²) in [5, 5.41) is 7.77. The maximum absolute atomic E-state index is 12.6. The van der Waals surface area contributed by atoms with Crippen LogP contribution in [0.5, 0.6) is 0 Å². The number of amides is 2. The van der Waals surface area contributed by atoms with Gasteiger partial charge in [0.2, 0.25) is 0 Å². The van der Waals surface area contributed by atoms with E-state index in [0.717, 1.165) is 42.1 Å². The van der Waals surface area contributed by atoms with Crippen LogP contribution in [0.3, 0.4) is 0 Å². The van der Waals surface area contributed by atoms with Crippen molar-refractivity contribution in [2.24, 2.45) is 0 Å². The van der Waals surface area contributed by atoms with Gasteiger partial charge in [0.1, 0.15) is 5.76 Å². The maximum Gasteiger partial charge on any atom is 0.279 e. The molecule has 1 aromatic carbocycles. The van der Waals surface area contributed by atoms with Gasteiger partial charge in [-0.05, 0) is 31.4 Å². The Balaban J connectivity index is 1.85. The summed E-state index contributed by atoms with van der Waals surface area (Å²) in [6.45, 7) is 0. The quantitative estimate of drug-likeness (QED) is 0.871. The van der Waals surface area contributed by atoms with Gasteiger partial charge in [-0.15, -0.1) is 0 Å². The van der Waals surface area contributed by atoms with E-state index >= 15 is 0 Å². The average Bonchev–Trinajstić information content (AvgIpc) is 3.05. The molecule has 1 aromatic heterocycles. The number of nitrogens with one attached hydrogen (secondary N) is 1. The first-order valence-electron chi connectivity index (χ1n) is 7.81. The predicted octanol–water partition coefficient (Wildman–Crippen LogP) is 2.44. The Morgan fingerprint density at radius 2 is 2.00 bits per heavy atom. The summed E-state index contributed by atoms with van der Waals surface area (Å²) < 4.78 is 5.27. The fraction of sp³-hybridized carbons (Fsp3) is 0.353. The zero-order chi connectivity index (χ0) is 17.1. The molecule has 0 saturated carbocycles. The molecule has 0 saturated heterocycles. The van der Waals surface area contributed by atoms with Gasteiger partial charge in [0.05, 0.1) is 18.4 Å². The van der Waals surface area contributed by atoms with Crippen LogP contribution in [0, 0.1) is 0 Å². The monoisotopic (exact) mass is 329 g/mol. The Morgan fingerprint density at radius 1 is 1.25 bits per heavy atom. The number of hydrogen-bond donors (Lipinski definition) is 1. The lowest BCUT2D eigenvalue weighted by Crippen LogP contribution is -2.27. The highest BCUT2D eigenvalue weighted by Gasteiger charge is 2.25. The van der Waals surface area contributed by atoms with Crippen molar-refractivity contribution in [3.8, 4) is 0 Å². The Kier molecular flexibility index (Phi) is 4.61. The summed E-state index contributed by atoms with van der Waals surface area (Å²) in [7, 11) is 2.91. The van der Waals surface area contributed by atoms with Gasteiger partial charge in [-0.3, -0.25) is 14.4 Å². The van der Waals surface area contributed by atoms with Gasteiger partial charge >= 0.3 is 0 Å². The molecular formula is C17H19N3O4. The number of nitrogens with zero attached hydrogens (tertiary/aromatic N) is 2. The van der Waals surface area contributed by atoms with Gasteiger partial charge in [-0.2, -0.15) is 0 Å². The van der Waals surface area contributed by atoms with E-state index in [1.807, 2.05) is 0 Å². The van der Waals surface area contributed by atoms with Crippen molar-refractivity contribution in [3.63, 3.8) is 0 Å². The first-order valence-corrected chi connectivity index (χ1v) is 7.81. The SMILES string of the molecule is CON(C)C(=O)c1ccccc1NC(=O)c1noc2c1CCCC2. The van der Waals surface area contributed by atoms with E-state index in [0.29, 0.717) is 16.9 Å². The highest BCUT2D eigenvalue weighted by atomic mass is 16.7. The minimum absolute atomic E-state index is 0.298. The summed E-state index contributed by atoms with van der Waals surface area (Å²) in [6.07, 6.45) is 3.66. The van der Waals surface area contributed by atoms with Crippen molar-refractivity contribution < 1.29 is 18.9 Å². The molecule has 2 amide bonds. The molecule has 7 nitrogen and oxygen atoms in total. The van der Waals surface area contributed by atoms with Gasteiger partial charge in [-0.1, -0.05) is 17.3 Å². The number of rotatable bonds is 4. The summed E-state index contributed by atoms with van der Waals surface area (Å²) in [5.41, 5.74) is 1.92. The Labute approximate surface area is 139 Å². The Morgan fingerprint density at radius 3 is 2.79 bits per heavy atom. The van der Waals surface area contributed by atoms with Gasteiger partial charge in [0, 0.05) is 19.0 Å². The summed E-state index contributed by atoms with van der Waals surface area (Å²) in [4.78, 5) is 29.8. The van der Waals surface area contributed by atoms with Gasteiger partial charge in [0.15, 0.2) is 5.69 Å². The molecule has 1 aliphatic carbocycles. The van der Waals surface area contributed by atoms with E-state index in [-0.39, 0.29) is 11.8 Å². The lowest BCUT2D eigenvalue weighted by Gasteiger charge is -2.16. The molecule has 0 unspecified atom stereocenters. The molecule has 0 spiro atoms. The van der Waals surface area contributed by atoms with Crippen LogP contribution in [-0.4, -0.2) is 36.2 Å². The van der Waals surface area contributed by atoms with E-state index in [2.05, 4.69) is 10.5 Å². The molecular weight excluding hydrogens is 310 g/mol. The van der Waals surface area contributed by atoms with Crippen LogP contribution in [-0.2, 0) is 17.7 Å². The van der Waals surface area contributed by atoms with E-state index < -0.39 is 0 Å². The fourth-order valence-corrected chi connectivity index (χ4v) is 2.78. The second-order valence-electron chi connectivity index (χ2n) is 5.62. The first kappa shape index (κ1) is 16.2. The number of aromatic nitrogens is 1. The van der Waals surface area contributed by atoms with Crippen molar-refractivity contribution in [1.29, 1.82) is 0 Å². The van der Waals surface area contributed by atoms with Gasteiger partial charge < -0.3 is 9.84 Å². The number of carbonyl (C=O) groups is 2. The fourth-order valence-electron chi connectivity index (χ4n) is 2.78. The van der Waals surface area contributed by atoms with Gasteiger partial charge in [-0.25, -0.2) is 5.06 Å². The zero-order valence-corrected chi connectivity index (χ0v) is 13.7. The number of fused-ring (bicyclic) bond motifs is 1. The number of benzene rings is 1. The van der Waals surface area contributed by atoms with E-state index in [9.17, 15) is 9.59 Å². The lowest BCUT2D eigenvalue weighted by molar-refractivity contribution is -0.0756. The standard InChI is InChI=1S/C17H19N3O4/c1-20(23-2)17(22)11-7-3-5-9-13(11)18-16(21)15-12-8-4-6-10-14(12)24-19-15/h3,5,7,9H,4,6,8,10H2,1-2H3,(H,18,21). The van der Waals surface area contributed by atoms with Crippen LogP contribution < -0.4 is 5.32 Å². The third-order valence-corrected chi connectivity index (χ3v) is 4.13. The average molecular weight is 329 g/mol. The molecule has 2 aromatic rings. The topological polar surface area (TPSA) is 84.7 Å². The van der Waals surface area contributed by atoms with Crippen LogP contribution in [0.1, 0.15) is 45.0 Å². The molecule has 0 aliphatic heterocycles. The highest BCUT2D eigenvalue weighted by Crippen LogP contribution is 2.25. The summed E-state index contributed by atoms with van der Waals surface area (Å²) in [5.74, 6) is 0.0627. The molecule has 0 radical (unpaired) electrons. The minimum atomic E-state index is -0.373. The summed E-state index contributed by atoms with van der Waals surface area (Å²) >= 11 is 0. The van der Waals surface area contributed by atoms with Crippen LogP contribution in [0.25, 0.3) is 0 Å². The molecule has 1 aliphatic rings. The second-order valence-corrected chi connectivity index (χ2v) is 5.62. The molecule has 0 bridgehead atoms. The first-order chi connectivity index (χ1) is 11.6. The van der Waals surface area contributed by atoms with E-state index in [4.69, 9.17) is 9.36 Å². The van der Waals surface area contributed by atoms with Crippen molar-refractivity contribution in [3.05, 3.63) is 46.8 Å². The van der Waals surface area contributed by atoms with Crippen LogP contribution in [0.2, 0.25) is 0 Å². The molecule has 1 N–H and O–H groups in total. The van der Waals surface area contributed by atoms with Crippen LogP contribution in [0.4, 0.5) is 5.69 Å². The Hall–Kier alpha value is -2.67. The molecule has 7 heteroatoms. The molecule has 3 rings (SSSR count). The molecule has 0 atom stereocenters. The summed E-state index contributed by atoms with van der Waals surface area (Å²) in [6, 6.07) is 6.77. The Bertz CT molecular complexity index is 769. The van der Waals surface area contributed by atoms with Gasteiger partial charge in [0.25, 0.3) is 11.8 Å². The number of aryl methyl sites for hydroxylation is 1. The van der Waals surface area contributed by atoms with Crippen LogP contribution >= 0.6 is 0 Å². The lowest BCUT2D eigenvalue weighted by atomic mass is 9.96. The smallest absolute Gasteiger partial charge is 0.279 e. The largest absolute Gasteiger partial charge is 0.360 e. The number of anilines is 1.